The summed E-state index contributed by atoms with van der Waals surface area (Å²) >= 11 is 6.10. The molecule has 0 bridgehead atoms. The van der Waals surface area contributed by atoms with Gasteiger partial charge >= 0.3 is 0 Å². The Morgan fingerprint density at radius 1 is 1.04 bits per heavy atom. The molecule has 2 amide bonds. The van der Waals surface area contributed by atoms with Gasteiger partial charge in [-0.2, -0.15) is 0 Å². The minimum atomic E-state index is -0.463. The first-order valence-corrected chi connectivity index (χ1v) is 8.77. The molecular formula is C20H23ClN2O3. The summed E-state index contributed by atoms with van der Waals surface area (Å²) in [5.41, 5.74) is 1.23. The maximum atomic E-state index is 12.6. The minimum absolute atomic E-state index is 0.108. The van der Waals surface area contributed by atoms with E-state index in [0.29, 0.717) is 17.2 Å². The van der Waals surface area contributed by atoms with Crippen molar-refractivity contribution in [1.29, 1.82) is 0 Å². The van der Waals surface area contributed by atoms with Crippen LogP contribution >= 0.6 is 11.6 Å². The second kappa shape index (κ2) is 9.94. The zero-order chi connectivity index (χ0) is 18.9. The number of benzene rings is 2. The van der Waals surface area contributed by atoms with Gasteiger partial charge in [0.2, 0.25) is 5.91 Å². The van der Waals surface area contributed by atoms with Crippen LogP contribution in [-0.4, -0.2) is 31.6 Å². The van der Waals surface area contributed by atoms with Gasteiger partial charge in [-0.1, -0.05) is 54.1 Å². The summed E-state index contributed by atoms with van der Waals surface area (Å²) in [5, 5.41) is 6.15. The van der Waals surface area contributed by atoms with Crippen LogP contribution in [0.2, 0.25) is 5.02 Å². The third kappa shape index (κ3) is 5.86. The molecule has 6 heteroatoms. The maximum Gasteiger partial charge on any atom is 0.253 e. The molecule has 0 fully saturated rings. The van der Waals surface area contributed by atoms with Crippen molar-refractivity contribution in [3.8, 4) is 0 Å². The van der Waals surface area contributed by atoms with Crippen LogP contribution in [0.4, 0.5) is 0 Å². The Labute approximate surface area is 158 Å². The molecule has 2 aromatic rings. The Bertz CT molecular complexity index is 737. The van der Waals surface area contributed by atoms with Crippen molar-refractivity contribution < 1.29 is 14.3 Å². The van der Waals surface area contributed by atoms with E-state index in [2.05, 4.69) is 10.6 Å². The van der Waals surface area contributed by atoms with Gasteiger partial charge < -0.3 is 15.4 Å². The van der Waals surface area contributed by atoms with Gasteiger partial charge in [0.1, 0.15) is 0 Å². The first-order valence-electron chi connectivity index (χ1n) is 8.40. The number of methoxy groups -OCH3 is 1. The van der Waals surface area contributed by atoms with E-state index in [1.165, 1.54) is 0 Å². The SMILES string of the molecule is COC[C@H](C)NC(=O)C[C@@H](NC(=O)c1ccccc1Cl)c1ccccc1. The van der Waals surface area contributed by atoms with Crippen molar-refractivity contribution >= 4 is 23.4 Å². The lowest BCUT2D eigenvalue weighted by molar-refractivity contribution is -0.122. The van der Waals surface area contributed by atoms with E-state index in [0.717, 1.165) is 5.56 Å². The number of amides is 2. The van der Waals surface area contributed by atoms with Gasteiger partial charge in [-0.3, -0.25) is 9.59 Å². The van der Waals surface area contributed by atoms with Crippen LogP contribution in [0.25, 0.3) is 0 Å². The molecule has 0 saturated carbocycles. The van der Waals surface area contributed by atoms with Crippen molar-refractivity contribution in [3.63, 3.8) is 0 Å². The Kier molecular flexibility index (Phi) is 7.63. The van der Waals surface area contributed by atoms with E-state index in [4.69, 9.17) is 16.3 Å². The number of carbonyl (C=O) groups excluding carboxylic acids is 2. The van der Waals surface area contributed by atoms with Crippen molar-refractivity contribution in [3.05, 3.63) is 70.7 Å². The summed E-state index contributed by atoms with van der Waals surface area (Å²) in [6, 6.07) is 15.6. The van der Waals surface area contributed by atoms with Crippen LogP contribution in [0.3, 0.4) is 0 Å². The number of hydrogen-bond donors (Lipinski definition) is 2. The molecule has 0 aromatic heterocycles. The molecule has 0 unspecified atom stereocenters. The van der Waals surface area contributed by atoms with Crippen LogP contribution < -0.4 is 10.6 Å². The van der Waals surface area contributed by atoms with Crippen LogP contribution in [0.1, 0.15) is 35.3 Å². The molecule has 138 valence electrons. The molecule has 0 aliphatic heterocycles. The number of halogens is 1. The molecular weight excluding hydrogens is 352 g/mol. The first-order chi connectivity index (χ1) is 12.5. The molecule has 0 heterocycles. The van der Waals surface area contributed by atoms with Gasteiger partial charge in [0, 0.05) is 13.2 Å². The average Bonchev–Trinajstić information content (AvgIpc) is 2.62. The molecule has 0 spiro atoms. The number of hydrogen-bond acceptors (Lipinski definition) is 3. The van der Waals surface area contributed by atoms with E-state index < -0.39 is 6.04 Å². The van der Waals surface area contributed by atoms with Gasteiger partial charge in [-0.15, -0.1) is 0 Å². The molecule has 5 nitrogen and oxygen atoms in total. The Morgan fingerprint density at radius 2 is 1.69 bits per heavy atom. The van der Waals surface area contributed by atoms with Crippen molar-refractivity contribution in [2.24, 2.45) is 0 Å². The second-order valence-electron chi connectivity index (χ2n) is 6.04. The lowest BCUT2D eigenvalue weighted by Crippen LogP contribution is -2.39. The van der Waals surface area contributed by atoms with Gasteiger partial charge in [-0.25, -0.2) is 0 Å². The highest BCUT2D eigenvalue weighted by Gasteiger charge is 2.21. The molecule has 2 N–H and O–H groups in total. The first kappa shape index (κ1) is 19.9. The van der Waals surface area contributed by atoms with Crippen molar-refractivity contribution in [1.82, 2.24) is 10.6 Å². The van der Waals surface area contributed by atoms with Gasteiger partial charge in [0.05, 0.1) is 29.7 Å². The van der Waals surface area contributed by atoms with Crippen LogP contribution in [0, 0.1) is 0 Å². The fourth-order valence-electron chi connectivity index (χ4n) is 2.63. The van der Waals surface area contributed by atoms with E-state index in [-0.39, 0.29) is 24.3 Å². The quantitative estimate of drug-likeness (QED) is 0.744. The van der Waals surface area contributed by atoms with Gasteiger partial charge in [0.25, 0.3) is 5.91 Å². The standard InChI is InChI=1S/C20H23ClN2O3/c1-14(13-26-2)22-19(24)12-18(15-8-4-3-5-9-15)23-20(25)16-10-6-7-11-17(16)21/h3-11,14,18H,12-13H2,1-2H3,(H,22,24)(H,23,25)/t14-,18+/m0/s1. The molecule has 2 atom stereocenters. The molecule has 2 aromatic carbocycles. The maximum absolute atomic E-state index is 12.6. The zero-order valence-electron chi connectivity index (χ0n) is 14.9. The summed E-state index contributed by atoms with van der Waals surface area (Å²) in [4.78, 5) is 25.0. The molecule has 0 aliphatic rings. The van der Waals surface area contributed by atoms with Crippen LogP contribution in [0.15, 0.2) is 54.6 Å². The normalized spacial score (nSPS) is 12.9. The summed E-state index contributed by atoms with van der Waals surface area (Å²) in [5.74, 6) is -0.481. The van der Waals surface area contributed by atoms with E-state index in [1.807, 2.05) is 37.3 Å². The zero-order valence-corrected chi connectivity index (χ0v) is 15.6. The van der Waals surface area contributed by atoms with E-state index >= 15 is 0 Å². The van der Waals surface area contributed by atoms with E-state index in [9.17, 15) is 9.59 Å². The van der Waals surface area contributed by atoms with Crippen molar-refractivity contribution in [2.75, 3.05) is 13.7 Å². The molecule has 0 saturated heterocycles. The molecule has 2 rings (SSSR count). The largest absolute Gasteiger partial charge is 0.383 e. The highest BCUT2D eigenvalue weighted by molar-refractivity contribution is 6.33. The predicted octanol–water partition coefficient (Wildman–Crippen LogP) is 3.35. The minimum Gasteiger partial charge on any atom is -0.383 e. The average molecular weight is 375 g/mol. The summed E-state index contributed by atoms with van der Waals surface area (Å²) in [6.45, 7) is 2.29. The fourth-order valence-corrected chi connectivity index (χ4v) is 2.85. The third-order valence-electron chi connectivity index (χ3n) is 3.84. The highest BCUT2D eigenvalue weighted by atomic mass is 35.5. The third-order valence-corrected chi connectivity index (χ3v) is 4.17. The number of nitrogens with one attached hydrogen (secondary N) is 2. The highest BCUT2D eigenvalue weighted by Crippen LogP contribution is 2.20. The van der Waals surface area contributed by atoms with Gasteiger partial charge in [-0.05, 0) is 24.6 Å². The monoisotopic (exact) mass is 374 g/mol. The topological polar surface area (TPSA) is 67.4 Å². The summed E-state index contributed by atoms with van der Waals surface area (Å²) in [7, 11) is 1.58. The summed E-state index contributed by atoms with van der Waals surface area (Å²) in [6.07, 6.45) is 0.119. The van der Waals surface area contributed by atoms with Crippen molar-refractivity contribution in [2.45, 2.75) is 25.4 Å². The van der Waals surface area contributed by atoms with E-state index in [1.54, 1.807) is 31.4 Å². The second-order valence-corrected chi connectivity index (χ2v) is 6.45. The van der Waals surface area contributed by atoms with Gasteiger partial charge in [0.15, 0.2) is 0 Å². The lowest BCUT2D eigenvalue weighted by Gasteiger charge is -2.21. The Balaban J connectivity index is 2.13. The Morgan fingerprint density at radius 3 is 2.35 bits per heavy atom. The lowest BCUT2D eigenvalue weighted by atomic mass is 10.0. The molecule has 0 aliphatic carbocycles. The number of rotatable bonds is 8. The number of carbonyl (C=O) groups is 2. The van der Waals surface area contributed by atoms with Crippen LogP contribution in [0.5, 0.6) is 0 Å². The number of ether oxygens (including phenoxy) is 1. The summed E-state index contributed by atoms with van der Waals surface area (Å²) < 4.78 is 5.03. The Hall–Kier alpha value is -2.37. The van der Waals surface area contributed by atoms with Crippen LogP contribution in [-0.2, 0) is 9.53 Å². The smallest absolute Gasteiger partial charge is 0.253 e. The molecule has 0 radical (unpaired) electrons. The molecule has 26 heavy (non-hydrogen) atoms. The fraction of sp³-hybridized carbons (Fsp3) is 0.300. The predicted molar refractivity (Wildman–Crippen MR) is 102 cm³/mol.